The van der Waals surface area contributed by atoms with Crippen molar-refractivity contribution in [2.45, 2.75) is 19.9 Å². The highest BCUT2D eigenvalue weighted by Gasteiger charge is 2.34. The third-order valence-electron chi connectivity index (χ3n) is 4.56. The van der Waals surface area contributed by atoms with Crippen LogP contribution in [0, 0.1) is 12.8 Å². The number of carbonyl (C=O) groups is 2. The monoisotopic (exact) mass is 365 g/mol. The van der Waals surface area contributed by atoms with Crippen LogP contribution in [0.4, 0.5) is 5.69 Å². The molecule has 1 aromatic heterocycles. The smallest absolute Gasteiger partial charge is 0.229 e. The lowest BCUT2D eigenvalue weighted by atomic mass is 10.1. The first-order valence-corrected chi connectivity index (χ1v) is 9.40. The van der Waals surface area contributed by atoms with Gasteiger partial charge in [0.15, 0.2) is 0 Å². The Hall–Kier alpha value is -2.73. The highest BCUT2D eigenvalue weighted by Crippen LogP contribution is 2.26. The molecule has 2 aromatic carbocycles. The maximum Gasteiger partial charge on any atom is 0.229 e. The zero-order valence-electron chi connectivity index (χ0n) is 14.4. The summed E-state index contributed by atoms with van der Waals surface area (Å²) in [5, 5.41) is 3.95. The van der Waals surface area contributed by atoms with E-state index in [4.69, 9.17) is 0 Å². The van der Waals surface area contributed by atoms with Gasteiger partial charge in [0.25, 0.3) is 0 Å². The van der Waals surface area contributed by atoms with Gasteiger partial charge in [-0.3, -0.25) is 9.59 Å². The number of thiazole rings is 1. The Morgan fingerprint density at radius 2 is 2.08 bits per heavy atom. The van der Waals surface area contributed by atoms with Gasteiger partial charge in [0.2, 0.25) is 11.8 Å². The number of hydrogen-bond donors (Lipinski definition) is 1. The normalized spacial score (nSPS) is 17.0. The summed E-state index contributed by atoms with van der Waals surface area (Å²) in [5.41, 5.74) is 2.77. The van der Waals surface area contributed by atoms with Crippen molar-refractivity contribution in [2.24, 2.45) is 5.92 Å². The first-order chi connectivity index (χ1) is 12.6. The molecule has 0 aliphatic carbocycles. The molecule has 1 N–H and O–H groups in total. The predicted octanol–water partition coefficient (Wildman–Crippen LogP) is 3.59. The van der Waals surface area contributed by atoms with Gasteiger partial charge in [0, 0.05) is 25.2 Å². The van der Waals surface area contributed by atoms with Gasteiger partial charge in [0.05, 0.1) is 21.1 Å². The molecule has 2 heterocycles. The first-order valence-electron chi connectivity index (χ1n) is 8.58. The number of hydrogen-bond acceptors (Lipinski definition) is 4. The molecule has 1 atom stereocenters. The third kappa shape index (κ3) is 3.46. The van der Waals surface area contributed by atoms with Gasteiger partial charge in [-0.1, -0.05) is 30.3 Å². The molecular weight excluding hydrogens is 346 g/mol. The number of nitrogens with one attached hydrogen (secondary N) is 1. The number of likely N-dealkylation sites (tertiary alicyclic amines) is 1. The zero-order valence-corrected chi connectivity index (χ0v) is 15.3. The van der Waals surface area contributed by atoms with Crippen LogP contribution in [0.2, 0.25) is 0 Å². The second-order valence-corrected chi connectivity index (χ2v) is 7.80. The highest BCUT2D eigenvalue weighted by atomic mass is 32.1. The van der Waals surface area contributed by atoms with Gasteiger partial charge in [-0.2, -0.15) is 0 Å². The third-order valence-corrected chi connectivity index (χ3v) is 5.50. The Labute approximate surface area is 155 Å². The topological polar surface area (TPSA) is 62.3 Å². The Morgan fingerprint density at radius 1 is 1.27 bits per heavy atom. The number of anilines is 1. The summed E-state index contributed by atoms with van der Waals surface area (Å²) < 4.78 is 1.05. The predicted molar refractivity (Wildman–Crippen MR) is 103 cm³/mol. The van der Waals surface area contributed by atoms with Crippen molar-refractivity contribution in [3.63, 3.8) is 0 Å². The molecule has 1 fully saturated rings. The van der Waals surface area contributed by atoms with Crippen molar-refractivity contribution in [2.75, 3.05) is 11.9 Å². The summed E-state index contributed by atoms with van der Waals surface area (Å²) in [4.78, 5) is 31.0. The molecule has 2 amide bonds. The fraction of sp³-hybridized carbons (Fsp3) is 0.250. The van der Waals surface area contributed by atoms with E-state index in [1.165, 1.54) is 0 Å². The van der Waals surface area contributed by atoms with Crippen molar-refractivity contribution in [3.05, 3.63) is 59.1 Å². The number of benzene rings is 2. The summed E-state index contributed by atoms with van der Waals surface area (Å²) in [5.74, 6) is -0.387. The van der Waals surface area contributed by atoms with E-state index in [2.05, 4.69) is 10.3 Å². The van der Waals surface area contributed by atoms with E-state index in [1.807, 2.05) is 55.5 Å². The lowest BCUT2D eigenvalue weighted by Crippen LogP contribution is -2.28. The van der Waals surface area contributed by atoms with Crippen LogP contribution in [0.1, 0.15) is 17.0 Å². The summed E-state index contributed by atoms with van der Waals surface area (Å²) in [6.07, 6.45) is 0.264. The number of carbonyl (C=O) groups excluding carboxylic acids is 2. The highest BCUT2D eigenvalue weighted by molar-refractivity contribution is 7.18. The van der Waals surface area contributed by atoms with E-state index >= 15 is 0 Å². The maximum atomic E-state index is 12.6. The van der Waals surface area contributed by atoms with Crippen LogP contribution < -0.4 is 5.32 Å². The van der Waals surface area contributed by atoms with Gasteiger partial charge < -0.3 is 10.2 Å². The van der Waals surface area contributed by atoms with E-state index in [1.54, 1.807) is 16.2 Å². The number of fused-ring (bicyclic) bond motifs is 1. The van der Waals surface area contributed by atoms with Crippen LogP contribution in [-0.2, 0) is 16.1 Å². The molecule has 0 bridgehead atoms. The largest absolute Gasteiger partial charge is 0.338 e. The molecule has 0 spiro atoms. The Kier molecular flexibility index (Phi) is 4.42. The lowest BCUT2D eigenvalue weighted by Gasteiger charge is -2.16. The van der Waals surface area contributed by atoms with Crippen LogP contribution in [-0.4, -0.2) is 28.2 Å². The van der Waals surface area contributed by atoms with Crippen molar-refractivity contribution < 1.29 is 9.59 Å². The molecule has 5 nitrogen and oxygen atoms in total. The van der Waals surface area contributed by atoms with Crippen molar-refractivity contribution in [1.82, 2.24) is 9.88 Å². The second-order valence-electron chi connectivity index (χ2n) is 6.57. The van der Waals surface area contributed by atoms with Crippen molar-refractivity contribution in [3.8, 4) is 0 Å². The maximum absolute atomic E-state index is 12.6. The summed E-state index contributed by atoms with van der Waals surface area (Å²) in [7, 11) is 0. The van der Waals surface area contributed by atoms with E-state index in [0.29, 0.717) is 13.1 Å². The lowest BCUT2D eigenvalue weighted by molar-refractivity contribution is -0.128. The number of amides is 2. The van der Waals surface area contributed by atoms with Gasteiger partial charge in [-0.15, -0.1) is 11.3 Å². The summed E-state index contributed by atoms with van der Waals surface area (Å²) >= 11 is 1.60. The van der Waals surface area contributed by atoms with Gasteiger partial charge in [-0.25, -0.2) is 4.98 Å². The molecular formula is C20H19N3O2S. The fourth-order valence-corrected chi connectivity index (χ4v) is 4.13. The molecule has 3 aromatic rings. The van der Waals surface area contributed by atoms with Crippen molar-refractivity contribution >= 4 is 39.1 Å². The van der Waals surface area contributed by atoms with E-state index in [0.717, 1.165) is 26.5 Å². The van der Waals surface area contributed by atoms with Crippen LogP contribution in [0.15, 0.2) is 48.5 Å². The van der Waals surface area contributed by atoms with Gasteiger partial charge in [-0.05, 0) is 30.7 Å². The second kappa shape index (κ2) is 6.88. The fourth-order valence-electron chi connectivity index (χ4n) is 3.27. The standard InChI is InChI=1S/C20H19N3O2S/c1-13-21-17-8-7-16(10-18(17)26-13)22-20(25)15-9-19(24)23(12-15)11-14-5-3-2-4-6-14/h2-8,10,15H,9,11-12H2,1H3,(H,22,25). The van der Waals surface area contributed by atoms with Crippen LogP contribution >= 0.6 is 11.3 Å². The molecule has 4 rings (SSSR count). The molecule has 6 heteroatoms. The zero-order chi connectivity index (χ0) is 18.1. The Morgan fingerprint density at radius 3 is 2.88 bits per heavy atom. The number of aryl methyl sites for hydroxylation is 1. The molecule has 1 unspecified atom stereocenters. The Bertz CT molecular complexity index is 968. The number of nitrogens with zero attached hydrogens (tertiary/aromatic N) is 2. The summed E-state index contributed by atoms with van der Waals surface area (Å²) in [6.45, 7) is 2.98. The molecule has 1 aliphatic rings. The minimum atomic E-state index is -0.315. The average molecular weight is 365 g/mol. The molecule has 0 saturated carbocycles. The average Bonchev–Trinajstić information content (AvgIpc) is 3.17. The van der Waals surface area contributed by atoms with Crippen LogP contribution in [0.5, 0.6) is 0 Å². The van der Waals surface area contributed by atoms with E-state index < -0.39 is 0 Å². The molecule has 26 heavy (non-hydrogen) atoms. The van der Waals surface area contributed by atoms with Crippen molar-refractivity contribution in [1.29, 1.82) is 0 Å². The molecule has 0 radical (unpaired) electrons. The Balaban J connectivity index is 1.42. The van der Waals surface area contributed by atoms with E-state index in [-0.39, 0.29) is 24.2 Å². The van der Waals surface area contributed by atoms with Gasteiger partial charge in [0.1, 0.15) is 0 Å². The van der Waals surface area contributed by atoms with E-state index in [9.17, 15) is 9.59 Å². The number of rotatable bonds is 4. The quantitative estimate of drug-likeness (QED) is 0.768. The summed E-state index contributed by atoms with van der Waals surface area (Å²) in [6, 6.07) is 15.6. The minimum Gasteiger partial charge on any atom is -0.338 e. The van der Waals surface area contributed by atoms with Crippen LogP contribution in [0.3, 0.4) is 0 Å². The molecule has 1 aliphatic heterocycles. The first kappa shape index (κ1) is 16.7. The number of aromatic nitrogens is 1. The molecule has 1 saturated heterocycles. The molecule has 132 valence electrons. The van der Waals surface area contributed by atoms with Gasteiger partial charge >= 0.3 is 0 Å². The minimum absolute atomic E-state index is 0.0301. The van der Waals surface area contributed by atoms with Crippen LogP contribution in [0.25, 0.3) is 10.2 Å². The SMILES string of the molecule is Cc1nc2ccc(NC(=O)C3CC(=O)N(Cc4ccccc4)C3)cc2s1.